The molecule has 1 aromatic carbocycles. The summed E-state index contributed by atoms with van der Waals surface area (Å²) in [6.07, 6.45) is 5.87. The van der Waals surface area contributed by atoms with Crippen LogP contribution in [0.1, 0.15) is 45.1 Å². The highest BCUT2D eigenvalue weighted by Gasteiger charge is 2.22. The summed E-state index contributed by atoms with van der Waals surface area (Å²) in [7, 11) is 0. The highest BCUT2D eigenvalue weighted by molar-refractivity contribution is 8.03. The van der Waals surface area contributed by atoms with Crippen molar-refractivity contribution in [3.8, 4) is 17.9 Å². The highest BCUT2D eigenvalue weighted by Crippen LogP contribution is 2.37. The second-order valence-electron chi connectivity index (χ2n) is 8.53. The highest BCUT2D eigenvalue weighted by atomic mass is 32.2. The van der Waals surface area contributed by atoms with E-state index < -0.39 is 0 Å². The lowest BCUT2D eigenvalue weighted by Gasteiger charge is -2.23. The van der Waals surface area contributed by atoms with Crippen molar-refractivity contribution in [1.82, 2.24) is 0 Å². The molecule has 0 spiro atoms. The normalized spacial score (nSPS) is 22.3. The van der Waals surface area contributed by atoms with Crippen LogP contribution in [0.4, 0.5) is 0 Å². The monoisotopic (exact) mass is 479 g/mol. The van der Waals surface area contributed by atoms with Crippen LogP contribution in [-0.2, 0) is 9.47 Å². The Morgan fingerprint density at radius 1 is 1.12 bits per heavy atom. The van der Waals surface area contributed by atoms with Crippen molar-refractivity contribution >= 4 is 17.3 Å². The second kappa shape index (κ2) is 13.2. The van der Waals surface area contributed by atoms with E-state index in [1.54, 1.807) is 18.7 Å². The molecule has 1 aromatic rings. The Balaban J connectivity index is 1.97. The van der Waals surface area contributed by atoms with Crippen LogP contribution in [0.25, 0.3) is 5.57 Å². The molecule has 0 saturated carbocycles. The maximum atomic E-state index is 10.2. The van der Waals surface area contributed by atoms with Gasteiger partial charge in [0, 0.05) is 35.1 Å². The van der Waals surface area contributed by atoms with Crippen molar-refractivity contribution < 1.29 is 14.2 Å². The van der Waals surface area contributed by atoms with Gasteiger partial charge in [-0.25, -0.2) is 0 Å². The van der Waals surface area contributed by atoms with E-state index in [4.69, 9.17) is 19.9 Å². The van der Waals surface area contributed by atoms with E-state index in [-0.39, 0.29) is 6.10 Å². The molecule has 0 amide bonds. The van der Waals surface area contributed by atoms with Crippen LogP contribution >= 0.6 is 11.8 Å². The summed E-state index contributed by atoms with van der Waals surface area (Å²) in [4.78, 5) is 0.876. The van der Waals surface area contributed by atoms with Gasteiger partial charge in [0.15, 0.2) is 0 Å². The summed E-state index contributed by atoms with van der Waals surface area (Å²) in [5.41, 5.74) is 8.61. The third kappa shape index (κ3) is 6.90. The first-order chi connectivity index (χ1) is 16.6. The van der Waals surface area contributed by atoms with Gasteiger partial charge in [-0.1, -0.05) is 25.1 Å². The zero-order valence-electron chi connectivity index (χ0n) is 20.0. The summed E-state index contributed by atoms with van der Waals surface area (Å²) >= 11 is 1.65. The van der Waals surface area contributed by atoms with Crippen molar-refractivity contribution in [2.75, 3.05) is 32.2 Å². The maximum absolute atomic E-state index is 10.2. The van der Waals surface area contributed by atoms with E-state index in [1.807, 2.05) is 31.2 Å². The first-order valence-corrected chi connectivity index (χ1v) is 12.8. The molecule has 7 heteroatoms. The minimum Gasteiger partial charge on any atom is -0.488 e. The first-order valence-electron chi connectivity index (χ1n) is 11.8. The summed E-state index contributed by atoms with van der Waals surface area (Å²) in [5.74, 6) is 2.08. The maximum Gasteiger partial charge on any atom is 0.122 e. The standard InChI is InChI=1S/C27H33N3O3S/c1-3-5-26(34-18-20-11-13-32-16-20)25(15-29)27(24(14-28)19(2)30)21-7-9-22(10-8-21)33-23-6-4-12-31-17-23/h5,7-10,20,23H,3-4,6,11-13,16-18,30H2,1-2H3/b24-19+,26-5-,27-25-. The number of rotatable bonds is 9. The molecule has 34 heavy (non-hydrogen) atoms. The number of nitrogens with zero attached hydrogens (tertiary/aromatic N) is 2. The molecule has 0 bridgehead atoms. The SMILES string of the molecule is CC/C=C(SCC1CCOC1)/C(C#N)=C(\C(C#N)=C(/C)N)c1ccc(OC2CCCOC2)cc1. The Morgan fingerprint density at radius 2 is 1.85 bits per heavy atom. The molecule has 2 saturated heterocycles. The van der Waals surface area contributed by atoms with E-state index in [1.165, 1.54) is 0 Å². The molecule has 2 aliphatic heterocycles. The van der Waals surface area contributed by atoms with Crippen molar-refractivity contribution in [3.05, 3.63) is 57.7 Å². The van der Waals surface area contributed by atoms with Gasteiger partial charge in [-0.15, -0.1) is 11.8 Å². The van der Waals surface area contributed by atoms with Crippen molar-refractivity contribution in [2.24, 2.45) is 11.7 Å². The van der Waals surface area contributed by atoms with Gasteiger partial charge in [0.2, 0.25) is 0 Å². The Bertz CT molecular complexity index is 999. The molecule has 2 fully saturated rings. The zero-order valence-corrected chi connectivity index (χ0v) is 20.8. The lowest BCUT2D eigenvalue weighted by molar-refractivity contribution is 0.00743. The molecular formula is C27H33N3O3S. The smallest absolute Gasteiger partial charge is 0.122 e. The summed E-state index contributed by atoms with van der Waals surface area (Å²) in [6.45, 7) is 6.66. The van der Waals surface area contributed by atoms with Gasteiger partial charge in [-0.05, 0) is 56.2 Å². The Labute approximate surface area is 207 Å². The number of thioether (sulfide) groups is 1. The number of ether oxygens (including phenoxy) is 3. The predicted octanol–water partition coefficient (Wildman–Crippen LogP) is 5.34. The Morgan fingerprint density at radius 3 is 2.41 bits per heavy atom. The van der Waals surface area contributed by atoms with Gasteiger partial charge in [-0.2, -0.15) is 10.5 Å². The third-order valence-electron chi connectivity index (χ3n) is 5.82. The molecular weight excluding hydrogens is 446 g/mol. The lowest BCUT2D eigenvalue weighted by atomic mass is 9.92. The Hall–Kier alpha value is -2.71. The van der Waals surface area contributed by atoms with E-state index in [0.29, 0.717) is 34.9 Å². The van der Waals surface area contributed by atoms with E-state index in [2.05, 4.69) is 18.2 Å². The number of benzene rings is 1. The van der Waals surface area contributed by atoms with Crippen molar-refractivity contribution in [2.45, 2.75) is 45.6 Å². The molecule has 3 rings (SSSR count). The average molecular weight is 480 g/mol. The Kier molecular flexibility index (Phi) is 10.1. The molecule has 2 heterocycles. The summed E-state index contributed by atoms with van der Waals surface area (Å²) < 4.78 is 17.1. The lowest BCUT2D eigenvalue weighted by Crippen LogP contribution is -2.27. The van der Waals surface area contributed by atoms with Crippen molar-refractivity contribution in [1.29, 1.82) is 10.5 Å². The van der Waals surface area contributed by atoms with Gasteiger partial charge < -0.3 is 19.9 Å². The second-order valence-corrected chi connectivity index (χ2v) is 9.59. The number of hydrogen-bond acceptors (Lipinski definition) is 7. The fraction of sp³-hybridized carbons (Fsp3) is 0.481. The number of nitriles is 2. The van der Waals surface area contributed by atoms with E-state index in [0.717, 1.165) is 67.5 Å². The molecule has 6 nitrogen and oxygen atoms in total. The minimum atomic E-state index is 0.0418. The van der Waals surface area contributed by atoms with E-state index in [9.17, 15) is 10.5 Å². The van der Waals surface area contributed by atoms with Crippen LogP contribution in [-0.4, -0.2) is 38.3 Å². The molecule has 2 aliphatic rings. The topological polar surface area (TPSA) is 101 Å². The largest absolute Gasteiger partial charge is 0.488 e. The van der Waals surface area contributed by atoms with Gasteiger partial charge in [0.1, 0.15) is 24.0 Å². The van der Waals surface area contributed by atoms with Gasteiger partial charge in [0.25, 0.3) is 0 Å². The van der Waals surface area contributed by atoms with Crippen LogP contribution in [0.15, 0.2) is 52.1 Å². The number of allylic oxidation sites excluding steroid dienone is 5. The number of hydrogen-bond donors (Lipinski definition) is 1. The quantitative estimate of drug-likeness (QED) is 0.377. The van der Waals surface area contributed by atoms with Crippen LogP contribution < -0.4 is 10.5 Å². The summed E-state index contributed by atoms with van der Waals surface area (Å²) in [6, 6.07) is 12.2. The zero-order chi connectivity index (χ0) is 24.3. The van der Waals surface area contributed by atoms with Crippen LogP contribution in [0.3, 0.4) is 0 Å². The van der Waals surface area contributed by atoms with Crippen molar-refractivity contribution in [3.63, 3.8) is 0 Å². The molecule has 2 unspecified atom stereocenters. The first kappa shape index (κ1) is 25.9. The molecule has 0 aliphatic carbocycles. The molecule has 2 N–H and O–H groups in total. The van der Waals surface area contributed by atoms with Crippen LogP contribution in [0.5, 0.6) is 5.75 Å². The molecule has 0 radical (unpaired) electrons. The van der Waals surface area contributed by atoms with E-state index >= 15 is 0 Å². The molecule has 180 valence electrons. The van der Waals surface area contributed by atoms with Crippen LogP contribution in [0.2, 0.25) is 0 Å². The predicted molar refractivity (Wildman–Crippen MR) is 136 cm³/mol. The number of nitrogens with two attached hydrogens (primary N) is 1. The molecule has 0 aromatic heterocycles. The van der Waals surface area contributed by atoms with Crippen LogP contribution in [0, 0.1) is 28.6 Å². The average Bonchev–Trinajstić information content (AvgIpc) is 3.37. The minimum absolute atomic E-state index is 0.0418. The third-order valence-corrected chi connectivity index (χ3v) is 7.14. The fourth-order valence-corrected chi connectivity index (χ4v) is 5.28. The van der Waals surface area contributed by atoms with Gasteiger partial charge in [0.05, 0.1) is 24.4 Å². The fourth-order valence-electron chi connectivity index (χ4n) is 4.03. The van der Waals surface area contributed by atoms with Gasteiger partial charge >= 0.3 is 0 Å². The summed E-state index contributed by atoms with van der Waals surface area (Å²) in [5, 5.41) is 20.2. The molecule has 2 atom stereocenters. The van der Waals surface area contributed by atoms with Gasteiger partial charge in [-0.3, -0.25) is 0 Å².